The van der Waals surface area contributed by atoms with Gasteiger partial charge < -0.3 is 9.52 Å². The molecular formula is C21H24O2. The molecule has 2 aromatic carbocycles. The maximum atomic E-state index is 9.45. The van der Waals surface area contributed by atoms with Crippen molar-refractivity contribution in [3.8, 4) is 0 Å². The number of hydrogen-bond acceptors (Lipinski definition) is 2. The first kappa shape index (κ1) is 15.8. The Kier molecular flexibility index (Phi) is 5.14. The van der Waals surface area contributed by atoms with Crippen LogP contribution < -0.4 is 0 Å². The normalized spacial score (nSPS) is 14.0. The quantitative estimate of drug-likeness (QED) is 0.626. The van der Waals surface area contributed by atoms with Gasteiger partial charge >= 0.3 is 0 Å². The molecule has 1 aromatic heterocycles. The molecular weight excluding hydrogens is 284 g/mol. The maximum absolute atomic E-state index is 9.45. The van der Waals surface area contributed by atoms with E-state index in [0.29, 0.717) is 11.8 Å². The van der Waals surface area contributed by atoms with Crippen LogP contribution in [0.4, 0.5) is 0 Å². The van der Waals surface area contributed by atoms with Crippen LogP contribution >= 0.6 is 0 Å². The largest absolute Gasteiger partial charge is 0.461 e. The van der Waals surface area contributed by atoms with E-state index in [1.165, 1.54) is 10.9 Å². The van der Waals surface area contributed by atoms with Gasteiger partial charge in [0.1, 0.15) is 11.3 Å². The highest BCUT2D eigenvalue weighted by molar-refractivity contribution is 5.77. The Morgan fingerprint density at radius 1 is 0.957 bits per heavy atom. The van der Waals surface area contributed by atoms with Crippen LogP contribution in [0.3, 0.4) is 0 Å². The van der Waals surface area contributed by atoms with Crippen LogP contribution in [-0.2, 0) is 0 Å². The molecule has 120 valence electrons. The summed E-state index contributed by atoms with van der Waals surface area (Å²) in [6, 6.07) is 20.8. The Morgan fingerprint density at radius 3 is 2.39 bits per heavy atom. The van der Waals surface area contributed by atoms with Gasteiger partial charge in [-0.25, -0.2) is 0 Å². The number of rotatable bonds is 7. The summed E-state index contributed by atoms with van der Waals surface area (Å²) in [5, 5.41) is 10.6. The number of benzene rings is 2. The summed E-state index contributed by atoms with van der Waals surface area (Å²) in [6.07, 6.45) is 2.83. The minimum absolute atomic E-state index is 0.218. The molecule has 0 aliphatic rings. The Hall–Kier alpha value is -2.06. The summed E-state index contributed by atoms with van der Waals surface area (Å²) in [4.78, 5) is 0. The van der Waals surface area contributed by atoms with Gasteiger partial charge in [-0.05, 0) is 42.9 Å². The van der Waals surface area contributed by atoms with Gasteiger partial charge in [0.25, 0.3) is 0 Å². The number of fused-ring (bicyclic) bond motifs is 1. The van der Waals surface area contributed by atoms with Crippen molar-refractivity contribution in [1.82, 2.24) is 0 Å². The fourth-order valence-corrected chi connectivity index (χ4v) is 3.33. The Labute approximate surface area is 137 Å². The molecule has 0 saturated carbocycles. The maximum Gasteiger partial charge on any atom is 0.134 e. The van der Waals surface area contributed by atoms with Crippen molar-refractivity contribution < 1.29 is 9.52 Å². The molecule has 23 heavy (non-hydrogen) atoms. The lowest BCUT2D eigenvalue weighted by Crippen LogP contribution is -2.07. The average molecular weight is 308 g/mol. The van der Waals surface area contributed by atoms with Crippen LogP contribution in [0, 0.1) is 0 Å². The van der Waals surface area contributed by atoms with Crippen molar-refractivity contribution in [2.75, 3.05) is 6.61 Å². The van der Waals surface area contributed by atoms with Crippen molar-refractivity contribution in [1.29, 1.82) is 0 Å². The van der Waals surface area contributed by atoms with E-state index in [-0.39, 0.29) is 6.61 Å². The van der Waals surface area contributed by atoms with Gasteiger partial charge in [0.2, 0.25) is 0 Å². The zero-order valence-corrected chi connectivity index (χ0v) is 13.6. The third kappa shape index (κ3) is 3.65. The van der Waals surface area contributed by atoms with Crippen molar-refractivity contribution >= 4 is 11.0 Å². The molecule has 0 radical (unpaired) electrons. The molecule has 3 rings (SSSR count). The van der Waals surface area contributed by atoms with Crippen molar-refractivity contribution in [2.45, 2.75) is 38.0 Å². The predicted molar refractivity (Wildman–Crippen MR) is 94.7 cm³/mol. The van der Waals surface area contributed by atoms with E-state index in [1.54, 1.807) is 0 Å². The zero-order valence-electron chi connectivity index (χ0n) is 13.6. The van der Waals surface area contributed by atoms with Gasteiger partial charge in [-0.15, -0.1) is 0 Å². The van der Waals surface area contributed by atoms with E-state index < -0.39 is 0 Å². The molecule has 2 atom stereocenters. The second-order valence-electron chi connectivity index (χ2n) is 6.15. The molecule has 0 spiro atoms. The summed E-state index contributed by atoms with van der Waals surface area (Å²) in [7, 11) is 0. The van der Waals surface area contributed by atoms with E-state index in [9.17, 15) is 5.11 Å². The lowest BCUT2D eigenvalue weighted by molar-refractivity contribution is 0.267. The van der Waals surface area contributed by atoms with Crippen molar-refractivity contribution in [3.05, 3.63) is 72.0 Å². The van der Waals surface area contributed by atoms with Gasteiger partial charge in [-0.1, -0.05) is 55.5 Å². The minimum Gasteiger partial charge on any atom is -0.461 e. The van der Waals surface area contributed by atoms with Crippen molar-refractivity contribution in [2.24, 2.45) is 0 Å². The van der Waals surface area contributed by atoms with Crippen LogP contribution in [0.25, 0.3) is 11.0 Å². The summed E-state index contributed by atoms with van der Waals surface area (Å²) < 4.78 is 6.07. The molecule has 0 aliphatic carbocycles. The second kappa shape index (κ2) is 7.47. The van der Waals surface area contributed by atoms with E-state index in [4.69, 9.17) is 4.42 Å². The number of para-hydroxylation sites is 1. The molecule has 0 unspecified atom stereocenters. The molecule has 0 fully saturated rings. The van der Waals surface area contributed by atoms with Crippen molar-refractivity contribution in [3.63, 3.8) is 0 Å². The first-order chi connectivity index (χ1) is 11.3. The van der Waals surface area contributed by atoms with Gasteiger partial charge in [0.15, 0.2) is 0 Å². The Bertz CT molecular complexity index is 697. The molecule has 2 nitrogen and oxygen atoms in total. The molecule has 2 heteroatoms. The monoisotopic (exact) mass is 308 g/mol. The number of furan rings is 1. The van der Waals surface area contributed by atoms with Gasteiger partial charge in [0, 0.05) is 17.9 Å². The van der Waals surface area contributed by atoms with Gasteiger partial charge in [-0.2, -0.15) is 0 Å². The summed E-state index contributed by atoms with van der Waals surface area (Å²) in [5.74, 6) is 1.80. The molecule has 3 aromatic rings. The third-order valence-electron chi connectivity index (χ3n) is 4.66. The molecule has 0 amide bonds. The highest BCUT2D eigenvalue weighted by atomic mass is 16.3. The SMILES string of the molecule is CC[C@@H](C[C@H](CCO)c1ccccc1)c1cc2ccccc2o1. The van der Waals surface area contributed by atoms with Gasteiger partial charge in [0.05, 0.1) is 0 Å². The predicted octanol–water partition coefficient (Wildman–Crippen LogP) is 5.48. The van der Waals surface area contributed by atoms with Gasteiger partial charge in [-0.3, -0.25) is 0 Å². The summed E-state index contributed by atoms with van der Waals surface area (Å²) in [5.41, 5.74) is 2.26. The summed E-state index contributed by atoms with van der Waals surface area (Å²) in [6.45, 7) is 2.43. The van der Waals surface area contributed by atoms with E-state index in [2.05, 4.69) is 43.3 Å². The lowest BCUT2D eigenvalue weighted by atomic mass is 9.84. The highest BCUT2D eigenvalue weighted by Gasteiger charge is 2.21. The van der Waals surface area contributed by atoms with Crippen LogP contribution in [0.5, 0.6) is 0 Å². The third-order valence-corrected chi connectivity index (χ3v) is 4.66. The number of aliphatic hydroxyl groups excluding tert-OH is 1. The van der Waals surface area contributed by atoms with E-state index in [1.807, 2.05) is 24.3 Å². The fourth-order valence-electron chi connectivity index (χ4n) is 3.33. The minimum atomic E-state index is 0.218. The average Bonchev–Trinajstić information content (AvgIpc) is 3.03. The lowest BCUT2D eigenvalue weighted by Gasteiger charge is -2.21. The molecule has 0 saturated heterocycles. The van der Waals surface area contributed by atoms with Crippen LogP contribution in [-0.4, -0.2) is 11.7 Å². The molecule has 0 bridgehead atoms. The number of hydrogen-bond donors (Lipinski definition) is 1. The smallest absolute Gasteiger partial charge is 0.134 e. The first-order valence-electron chi connectivity index (χ1n) is 8.46. The molecule has 0 aliphatic heterocycles. The summed E-state index contributed by atoms with van der Waals surface area (Å²) >= 11 is 0. The van der Waals surface area contributed by atoms with Crippen LogP contribution in [0.2, 0.25) is 0 Å². The highest BCUT2D eigenvalue weighted by Crippen LogP contribution is 2.36. The van der Waals surface area contributed by atoms with Crippen LogP contribution in [0.1, 0.15) is 49.3 Å². The zero-order chi connectivity index (χ0) is 16.1. The van der Waals surface area contributed by atoms with E-state index >= 15 is 0 Å². The topological polar surface area (TPSA) is 33.4 Å². The fraction of sp³-hybridized carbons (Fsp3) is 0.333. The second-order valence-corrected chi connectivity index (χ2v) is 6.15. The Morgan fingerprint density at radius 2 is 1.70 bits per heavy atom. The van der Waals surface area contributed by atoms with Crippen LogP contribution in [0.15, 0.2) is 65.1 Å². The molecule has 1 heterocycles. The molecule has 1 N–H and O–H groups in total. The van der Waals surface area contributed by atoms with E-state index in [0.717, 1.165) is 30.6 Å². The standard InChI is InChI=1S/C21H24O2/c1-2-16(21-15-19-10-6-7-11-20(19)23-21)14-18(12-13-22)17-8-4-3-5-9-17/h3-11,15-16,18,22H,2,12-14H2,1H3/t16-,18-/m0/s1. The Balaban J connectivity index is 1.84. The first-order valence-corrected chi connectivity index (χ1v) is 8.46. The number of aliphatic hydroxyl groups is 1.